The molecule has 2 heterocycles. The molecule has 2 rings (SSSR count). The third-order valence-electron chi connectivity index (χ3n) is 3.81. The minimum atomic E-state index is -2.98. The Hall–Kier alpha value is -1.23. The molecule has 0 aromatic carbocycles. The average molecular weight is 317 g/mol. The van der Waals surface area contributed by atoms with Gasteiger partial charge in [0.15, 0.2) is 0 Å². The molecule has 0 N–H and O–H groups in total. The van der Waals surface area contributed by atoms with Crippen LogP contribution < -0.4 is 4.90 Å². The zero-order valence-electron chi connectivity index (χ0n) is 12.4. The molecule has 0 radical (unpaired) electrons. The van der Waals surface area contributed by atoms with Gasteiger partial charge in [0, 0.05) is 30.1 Å². The number of hydrogen-bond acceptors (Lipinski definition) is 2. The summed E-state index contributed by atoms with van der Waals surface area (Å²) in [5.41, 5.74) is 0.708. The predicted molar refractivity (Wildman–Crippen MR) is 79.1 cm³/mol. The first-order valence-electron chi connectivity index (χ1n) is 6.98. The Labute approximate surface area is 128 Å². The number of hydrogen-bond donors (Lipinski definition) is 0. The number of fused-ring (bicyclic) bond motifs is 1. The minimum absolute atomic E-state index is 0.168. The summed E-state index contributed by atoms with van der Waals surface area (Å²) in [5.74, 6) is -3.43. The number of nitrogens with zero attached hydrogens (tertiary/aromatic N) is 2. The molecule has 0 unspecified atom stereocenters. The summed E-state index contributed by atoms with van der Waals surface area (Å²) < 4.78 is 28.1. The smallest absolute Gasteiger partial charge is 0.289 e. The van der Waals surface area contributed by atoms with Gasteiger partial charge in [0.1, 0.15) is 11.6 Å². The van der Waals surface area contributed by atoms with E-state index in [1.54, 1.807) is 6.92 Å². The Kier molecular flexibility index (Phi) is 4.24. The zero-order chi connectivity index (χ0) is 15.8. The lowest BCUT2D eigenvalue weighted by molar-refractivity contribution is -0.116. The number of rotatable bonds is 4. The van der Waals surface area contributed by atoms with Crippen LogP contribution in [0.1, 0.15) is 44.9 Å². The zero-order valence-corrected chi connectivity index (χ0v) is 13.2. The van der Waals surface area contributed by atoms with E-state index < -0.39 is 5.92 Å². The van der Waals surface area contributed by atoms with E-state index in [0.29, 0.717) is 18.7 Å². The molecule has 0 saturated carbocycles. The minimum Gasteiger partial charge on any atom is -0.310 e. The topological polar surface area (TPSA) is 33.2 Å². The van der Waals surface area contributed by atoms with Crippen molar-refractivity contribution in [1.29, 1.82) is 0 Å². The fraction of sp³-hybridized carbons (Fsp3) is 0.600. The Morgan fingerprint density at radius 2 is 2.19 bits per heavy atom. The van der Waals surface area contributed by atoms with Crippen LogP contribution in [0.15, 0.2) is 12.3 Å². The van der Waals surface area contributed by atoms with Gasteiger partial charge in [-0.1, -0.05) is 27.2 Å². The van der Waals surface area contributed by atoms with Crippen molar-refractivity contribution in [3.8, 4) is 0 Å². The van der Waals surface area contributed by atoms with Gasteiger partial charge in [-0.2, -0.15) is 8.78 Å². The van der Waals surface area contributed by atoms with Crippen LogP contribution in [0, 0.1) is 0 Å². The van der Waals surface area contributed by atoms with Gasteiger partial charge in [0.25, 0.3) is 5.92 Å². The first-order chi connectivity index (χ1) is 9.73. The van der Waals surface area contributed by atoms with Gasteiger partial charge in [-0.05, 0) is 6.07 Å². The molecular formula is C15H19ClF2N2O. The highest BCUT2D eigenvalue weighted by molar-refractivity contribution is 6.29. The van der Waals surface area contributed by atoms with Gasteiger partial charge in [-0.25, -0.2) is 0 Å². The molecule has 0 saturated heterocycles. The first kappa shape index (κ1) is 16.1. The van der Waals surface area contributed by atoms with E-state index in [-0.39, 0.29) is 29.3 Å². The highest BCUT2D eigenvalue weighted by Gasteiger charge is 2.40. The Bertz CT molecular complexity index is 561. The molecule has 1 aromatic rings. The van der Waals surface area contributed by atoms with Gasteiger partial charge < -0.3 is 4.90 Å². The Balaban J connectivity index is 2.49. The molecule has 6 heteroatoms. The van der Waals surface area contributed by atoms with Crippen molar-refractivity contribution in [3.63, 3.8) is 0 Å². The number of pyridine rings is 1. The molecule has 0 aliphatic carbocycles. The van der Waals surface area contributed by atoms with Crippen LogP contribution in [-0.4, -0.2) is 23.3 Å². The summed E-state index contributed by atoms with van der Waals surface area (Å²) in [6.45, 7) is 6.05. The van der Waals surface area contributed by atoms with Crippen molar-refractivity contribution in [1.82, 2.24) is 4.98 Å². The summed E-state index contributed by atoms with van der Waals surface area (Å²) in [6.07, 6.45) is 1.57. The molecule has 116 valence electrons. The number of anilines is 1. The molecule has 0 fully saturated rings. The lowest BCUT2D eigenvalue weighted by Gasteiger charge is -2.19. The van der Waals surface area contributed by atoms with Crippen LogP contribution in [0.2, 0.25) is 0 Å². The summed E-state index contributed by atoms with van der Waals surface area (Å²) in [6, 6.07) is 1.34. The lowest BCUT2D eigenvalue weighted by atomic mass is 9.88. The van der Waals surface area contributed by atoms with Crippen molar-refractivity contribution >= 4 is 23.2 Å². The fourth-order valence-electron chi connectivity index (χ4n) is 2.69. The number of carbonyl (C=O) groups is 1. The van der Waals surface area contributed by atoms with Crippen molar-refractivity contribution in [2.45, 2.75) is 45.0 Å². The highest BCUT2D eigenvalue weighted by atomic mass is 35.5. The molecular weight excluding hydrogens is 298 g/mol. The summed E-state index contributed by atoms with van der Waals surface area (Å²) in [4.78, 5) is 17.4. The predicted octanol–water partition coefficient (Wildman–Crippen LogP) is 3.84. The lowest BCUT2D eigenvalue weighted by Crippen LogP contribution is -2.34. The van der Waals surface area contributed by atoms with Gasteiger partial charge in [-0.3, -0.25) is 9.78 Å². The largest absolute Gasteiger partial charge is 0.310 e. The molecule has 0 atom stereocenters. The van der Waals surface area contributed by atoms with Crippen LogP contribution in [0.4, 0.5) is 14.5 Å². The quantitative estimate of drug-likeness (QED) is 0.791. The van der Waals surface area contributed by atoms with Crippen LogP contribution in [0.3, 0.4) is 0 Å². The van der Waals surface area contributed by atoms with Gasteiger partial charge in [0.2, 0.25) is 5.91 Å². The standard InChI is InChI=1S/C15H19ClF2N2O/c1-4-5-15(17,18)12-6-11-10(8-19-12)14(2,3)9-20(11)13(21)7-16/h6,8H,4-5,7,9H2,1-3H3. The Morgan fingerprint density at radius 3 is 2.76 bits per heavy atom. The van der Waals surface area contributed by atoms with Crippen molar-refractivity contribution in [2.24, 2.45) is 0 Å². The van der Waals surface area contributed by atoms with E-state index >= 15 is 0 Å². The number of halogens is 3. The maximum absolute atomic E-state index is 14.0. The van der Waals surface area contributed by atoms with E-state index in [4.69, 9.17) is 11.6 Å². The summed E-state index contributed by atoms with van der Waals surface area (Å²) >= 11 is 5.62. The Morgan fingerprint density at radius 1 is 1.52 bits per heavy atom. The molecule has 1 aromatic heterocycles. The van der Waals surface area contributed by atoms with Crippen molar-refractivity contribution in [2.75, 3.05) is 17.3 Å². The van der Waals surface area contributed by atoms with Crippen molar-refractivity contribution < 1.29 is 13.6 Å². The molecule has 0 bridgehead atoms. The number of amides is 1. The molecule has 0 spiro atoms. The number of alkyl halides is 3. The second kappa shape index (κ2) is 5.52. The third kappa shape index (κ3) is 2.89. The normalized spacial score (nSPS) is 17.0. The molecule has 1 amide bonds. The van der Waals surface area contributed by atoms with Crippen molar-refractivity contribution in [3.05, 3.63) is 23.5 Å². The van der Waals surface area contributed by atoms with Crippen LogP contribution in [-0.2, 0) is 16.1 Å². The van der Waals surface area contributed by atoms with E-state index in [1.165, 1.54) is 17.2 Å². The van der Waals surface area contributed by atoms with E-state index in [2.05, 4.69) is 4.98 Å². The number of aromatic nitrogens is 1. The van der Waals surface area contributed by atoms with E-state index in [1.807, 2.05) is 13.8 Å². The fourth-order valence-corrected chi connectivity index (χ4v) is 2.84. The maximum Gasteiger partial charge on any atom is 0.289 e. The van der Waals surface area contributed by atoms with E-state index in [0.717, 1.165) is 5.56 Å². The second-order valence-electron chi connectivity index (χ2n) is 6.04. The highest BCUT2D eigenvalue weighted by Crippen LogP contribution is 2.43. The van der Waals surface area contributed by atoms with Gasteiger partial charge >= 0.3 is 0 Å². The SMILES string of the molecule is CCCC(F)(F)c1cc2c(cn1)C(C)(C)CN2C(=O)CCl. The number of carbonyl (C=O) groups excluding carboxylic acids is 1. The van der Waals surface area contributed by atoms with Crippen LogP contribution >= 0.6 is 11.6 Å². The third-order valence-corrected chi connectivity index (χ3v) is 4.04. The summed E-state index contributed by atoms with van der Waals surface area (Å²) in [7, 11) is 0. The first-order valence-corrected chi connectivity index (χ1v) is 7.51. The van der Waals surface area contributed by atoms with Crippen LogP contribution in [0.25, 0.3) is 0 Å². The van der Waals surface area contributed by atoms with E-state index in [9.17, 15) is 13.6 Å². The van der Waals surface area contributed by atoms with Crippen LogP contribution in [0.5, 0.6) is 0 Å². The second-order valence-corrected chi connectivity index (χ2v) is 6.31. The molecule has 3 nitrogen and oxygen atoms in total. The average Bonchev–Trinajstić information content (AvgIpc) is 2.69. The molecule has 1 aliphatic rings. The molecule has 1 aliphatic heterocycles. The maximum atomic E-state index is 14.0. The van der Waals surface area contributed by atoms with Gasteiger partial charge in [-0.15, -0.1) is 11.6 Å². The monoisotopic (exact) mass is 316 g/mol. The summed E-state index contributed by atoms with van der Waals surface area (Å²) in [5, 5.41) is 0. The molecule has 21 heavy (non-hydrogen) atoms. The van der Waals surface area contributed by atoms with Gasteiger partial charge in [0.05, 0.1) is 5.69 Å².